The maximum absolute atomic E-state index is 11.4. The van der Waals surface area contributed by atoms with Gasteiger partial charge in [0.25, 0.3) is 5.91 Å². The van der Waals surface area contributed by atoms with Gasteiger partial charge >= 0.3 is 0 Å². The highest BCUT2D eigenvalue weighted by molar-refractivity contribution is 5.93. The first-order chi connectivity index (χ1) is 12.7. The van der Waals surface area contributed by atoms with E-state index in [0.717, 1.165) is 63.4 Å². The van der Waals surface area contributed by atoms with Gasteiger partial charge < -0.3 is 16.0 Å². The quantitative estimate of drug-likeness (QED) is 0.842. The van der Waals surface area contributed by atoms with Crippen LogP contribution in [-0.4, -0.2) is 46.3 Å². The van der Waals surface area contributed by atoms with Gasteiger partial charge in [-0.1, -0.05) is 6.07 Å². The van der Waals surface area contributed by atoms with E-state index >= 15 is 0 Å². The summed E-state index contributed by atoms with van der Waals surface area (Å²) in [6, 6.07) is 6.65. The molecule has 4 heterocycles. The fourth-order valence-corrected chi connectivity index (χ4v) is 4.07. The maximum atomic E-state index is 11.4. The molecule has 0 aliphatic carbocycles. The van der Waals surface area contributed by atoms with Gasteiger partial charge in [0.05, 0.1) is 17.5 Å². The van der Waals surface area contributed by atoms with Crippen LogP contribution in [0, 0.1) is 5.92 Å². The third-order valence-electron chi connectivity index (χ3n) is 5.60. The van der Waals surface area contributed by atoms with E-state index in [9.17, 15) is 4.79 Å². The Balaban J connectivity index is 1.25. The fraction of sp³-hybridized carbons (Fsp3) is 0.526. The Morgan fingerprint density at radius 2 is 2.12 bits per heavy atom. The van der Waals surface area contributed by atoms with Crippen molar-refractivity contribution in [3.63, 3.8) is 0 Å². The number of nitrogens with two attached hydrogens (primary N) is 1. The number of hydrogen-bond donors (Lipinski definition) is 2. The van der Waals surface area contributed by atoms with Crippen LogP contribution < -0.4 is 16.0 Å². The Morgan fingerprint density at radius 1 is 1.27 bits per heavy atom. The Morgan fingerprint density at radius 3 is 2.85 bits per heavy atom. The lowest BCUT2D eigenvalue weighted by Gasteiger charge is -2.34. The van der Waals surface area contributed by atoms with E-state index in [4.69, 9.17) is 5.73 Å². The van der Waals surface area contributed by atoms with E-state index in [1.807, 2.05) is 23.0 Å². The van der Waals surface area contributed by atoms with Crippen molar-refractivity contribution in [2.24, 2.45) is 11.7 Å². The number of hydrogen-bond acceptors (Lipinski definition) is 5. The SMILES string of the molecule is NC(=O)c1cnn2c1CCC(CNC1CCN(c3ccccn3)CC1)C2. The number of pyridine rings is 1. The zero-order chi connectivity index (χ0) is 17.9. The molecule has 3 N–H and O–H groups in total. The zero-order valence-electron chi connectivity index (χ0n) is 15.0. The molecular formula is C19H26N6O. The van der Waals surface area contributed by atoms with Gasteiger partial charge in [0.15, 0.2) is 0 Å². The lowest BCUT2D eigenvalue weighted by atomic mass is 9.95. The van der Waals surface area contributed by atoms with Gasteiger partial charge in [0.1, 0.15) is 5.82 Å². The van der Waals surface area contributed by atoms with Gasteiger partial charge in [-0.3, -0.25) is 9.48 Å². The first-order valence-corrected chi connectivity index (χ1v) is 9.44. The fourth-order valence-electron chi connectivity index (χ4n) is 4.07. The summed E-state index contributed by atoms with van der Waals surface area (Å²) in [4.78, 5) is 18.2. The van der Waals surface area contributed by atoms with E-state index in [1.54, 1.807) is 6.20 Å². The van der Waals surface area contributed by atoms with Gasteiger partial charge in [-0.15, -0.1) is 0 Å². The van der Waals surface area contributed by atoms with E-state index in [1.165, 1.54) is 0 Å². The van der Waals surface area contributed by atoms with Crippen LogP contribution >= 0.6 is 0 Å². The van der Waals surface area contributed by atoms with Crippen LogP contribution in [0.15, 0.2) is 30.6 Å². The molecule has 0 radical (unpaired) electrons. The van der Waals surface area contributed by atoms with Crippen molar-refractivity contribution < 1.29 is 4.79 Å². The van der Waals surface area contributed by atoms with Crippen molar-refractivity contribution >= 4 is 11.7 Å². The molecule has 1 unspecified atom stereocenters. The third-order valence-corrected chi connectivity index (χ3v) is 5.60. The minimum absolute atomic E-state index is 0.373. The second kappa shape index (κ2) is 7.45. The highest BCUT2D eigenvalue weighted by Crippen LogP contribution is 2.23. The minimum atomic E-state index is -0.373. The summed E-state index contributed by atoms with van der Waals surface area (Å²) in [5.41, 5.74) is 6.99. The number of carbonyl (C=O) groups excluding carboxylic acids is 1. The molecule has 2 aliphatic rings. The molecule has 0 aromatic carbocycles. The van der Waals surface area contributed by atoms with Gasteiger partial charge in [-0.2, -0.15) is 5.10 Å². The standard InChI is InChI=1S/C19H26N6O/c20-19(26)16-12-23-25-13-14(4-5-17(16)25)11-22-15-6-9-24(10-7-15)18-3-1-2-8-21-18/h1-3,8,12,14-15,22H,4-7,9-11,13H2,(H2,20,26). The molecule has 1 atom stereocenters. The summed E-state index contributed by atoms with van der Waals surface area (Å²) >= 11 is 0. The second-order valence-corrected chi connectivity index (χ2v) is 7.31. The summed E-state index contributed by atoms with van der Waals surface area (Å²) < 4.78 is 1.96. The number of fused-ring (bicyclic) bond motifs is 1. The average Bonchev–Trinajstić information content (AvgIpc) is 3.11. The number of anilines is 1. The summed E-state index contributed by atoms with van der Waals surface area (Å²) in [6.45, 7) is 3.96. The molecular weight excluding hydrogens is 328 g/mol. The normalized spacial score (nSPS) is 20.8. The van der Waals surface area contributed by atoms with Crippen molar-refractivity contribution in [2.45, 2.75) is 38.3 Å². The number of rotatable bonds is 5. The van der Waals surface area contributed by atoms with Crippen LogP contribution in [0.3, 0.4) is 0 Å². The van der Waals surface area contributed by atoms with Gasteiger partial charge in [0, 0.05) is 31.9 Å². The van der Waals surface area contributed by atoms with Crippen molar-refractivity contribution in [2.75, 3.05) is 24.5 Å². The molecule has 0 saturated carbocycles. The molecule has 4 rings (SSSR count). The molecule has 2 aromatic heterocycles. The first-order valence-electron chi connectivity index (χ1n) is 9.44. The van der Waals surface area contributed by atoms with Gasteiger partial charge in [-0.05, 0) is 50.3 Å². The highest BCUT2D eigenvalue weighted by Gasteiger charge is 2.25. The summed E-state index contributed by atoms with van der Waals surface area (Å²) in [5, 5.41) is 8.08. The average molecular weight is 354 g/mol. The molecule has 1 saturated heterocycles. The van der Waals surface area contributed by atoms with Crippen molar-refractivity contribution in [3.05, 3.63) is 41.9 Å². The predicted molar refractivity (Wildman–Crippen MR) is 100 cm³/mol. The molecule has 0 spiro atoms. The topological polar surface area (TPSA) is 89.1 Å². The molecule has 26 heavy (non-hydrogen) atoms. The molecule has 7 heteroatoms. The van der Waals surface area contributed by atoms with Crippen LogP contribution in [0.5, 0.6) is 0 Å². The molecule has 1 fully saturated rings. The molecule has 1 amide bonds. The molecule has 2 aliphatic heterocycles. The lowest BCUT2D eigenvalue weighted by Crippen LogP contribution is -2.45. The van der Waals surface area contributed by atoms with Crippen molar-refractivity contribution in [1.82, 2.24) is 20.1 Å². The minimum Gasteiger partial charge on any atom is -0.365 e. The number of carbonyl (C=O) groups is 1. The monoisotopic (exact) mass is 354 g/mol. The second-order valence-electron chi connectivity index (χ2n) is 7.31. The number of piperidine rings is 1. The Labute approximate surface area is 153 Å². The van der Waals surface area contributed by atoms with Gasteiger partial charge in [0.2, 0.25) is 0 Å². The predicted octanol–water partition coefficient (Wildman–Crippen LogP) is 1.20. The van der Waals surface area contributed by atoms with Crippen LogP contribution in [-0.2, 0) is 13.0 Å². The summed E-state index contributed by atoms with van der Waals surface area (Å²) in [7, 11) is 0. The smallest absolute Gasteiger partial charge is 0.252 e. The number of aromatic nitrogens is 3. The molecule has 2 aromatic rings. The van der Waals surface area contributed by atoms with Gasteiger partial charge in [-0.25, -0.2) is 4.98 Å². The van der Waals surface area contributed by atoms with E-state index < -0.39 is 0 Å². The molecule has 0 bridgehead atoms. The van der Waals surface area contributed by atoms with Crippen LogP contribution in [0.4, 0.5) is 5.82 Å². The Kier molecular flexibility index (Phi) is 4.88. The first kappa shape index (κ1) is 17.0. The Bertz CT molecular complexity index is 751. The van der Waals surface area contributed by atoms with E-state index in [0.29, 0.717) is 17.5 Å². The van der Waals surface area contributed by atoms with Crippen molar-refractivity contribution in [1.29, 1.82) is 0 Å². The largest absolute Gasteiger partial charge is 0.365 e. The number of nitrogens with one attached hydrogen (secondary N) is 1. The maximum Gasteiger partial charge on any atom is 0.252 e. The summed E-state index contributed by atoms with van der Waals surface area (Å²) in [6.07, 6.45) is 7.70. The van der Waals surface area contributed by atoms with Crippen LogP contribution in [0.2, 0.25) is 0 Å². The lowest BCUT2D eigenvalue weighted by molar-refractivity contribution is 0.0998. The Hall–Kier alpha value is -2.41. The van der Waals surface area contributed by atoms with Crippen LogP contribution in [0.25, 0.3) is 0 Å². The zero-order valence-corrected chi connectivity index (χ0v) is 15.0. The number of nitrogens with zero attached hydrogens (tertiary/aromatic N) is 4. The number of primary amides is 1. The van der Waals surface area contributed by atoms with Crippen LogP contribution in [0.1, 0.15) is 35.3 Å². The molecule has 7 nitrogen and oxygen atoms in total. The number of amides is 1. The molecule has 138 valence electrons. The third kappa shape index (κ3) is 3.58. The van der Waals surface area contributed by atoms with E-state index in [-0.39, 0.29) is 5.91 Å². The van der Waals surface area contributed by atoms with Crippen molar-refractivity contribution in [3.8, 4) is 0 Å². The highest BCUT2D eigenvalue weighted by atomic mass is 16.1. The van der Waals surface area contributed by atoms with E-state index in [2.05, 4.69) is 26.4 Å². The summed E-state index contributed by atoms with van der Waals surface area (Å²) in [5.74, 6) is 1.26.